The van der Waals surface area contributed by atoms with Gasteiger partial charge in [0.2, 0.25) is 12.2 Å². The highest BCUT2D eigenvalue weighted by atomic mass is 19.3. The molecule has 0 aromatic carbocycles. The van der Waals surface area contributed by atoms with Crippen LogP contribution in [-0.2, 0) is 9.84 Å². The summed E-state index contributed by atoms with van der Waals surface area (Å²) in [5.74, 6) is -3.54. The minimum absolute atomic E-state index is 0.0141. The number of nitrogens with zero attached hydrogens (tertiary/aromatic N) is 4. The highest BCUT2D eigenvalue weighted by Gasteiger charge is 2.59. The van der Waals surface area contributed by atoms with E-state index in [0.717, 1.165) is 10.9 Å². The predicted molar refractivity (Wildman–Crippen MR) is 69.7 cm³/mol. The zero-order chi connectivity index (χ0) is 16.1. The number of fused-ring (bicyclic) bond motifs is 1. The molecule has 119 valence electrons. The molecule has 3 heterocycles. The van der Waals surface area contributed by atoms with Gasteiger partial charge in [-0.05, 0) is 0 Å². The Morgan fingerprint density at radius 1 is 1.55 bits per heavy atom. The number of anilines is 2. The Morgan fingerprint density at radius 3 is 2.86 bits per heavy atom. The molecule has 0 unspecified atom stereocenters. The molecular weight excluding hydrogens is 302 g/mol. The minimum atomic E-state index is -3.66. The van der Waals surface area contributed by atoms with Crippen molar-refractivity contribution in [1.29, 1.82) is 0 Å². The average molecular weight is 315 g/mol. The molecule has 3 rings (SSSR count). The van der Waals surface area contributed by atoms with Crippen LogP contribution in [0.2, 0.25) is 0 Å². The Balaban J connectivity index is 2.13. The van der Waals surface area contributed by atoms with Crippen molar-refractivity contribution in [2.24, 2.45) is 0 Å². The second kappa shape index (κ2) is 4.97. The van der Waals surface area contributed by atoms with Crippen molar-refractivity contribution < 1.29 is 23.7 Å². The van der Waals surface area contributed by atoms with Crippen molar-refractivity contribution in [2.75, 3.05) is 24.7 Å². The van der Waals surface area contributed by atoms with Crippen molar-refractivity contribution in [3.8, 4) is 0 Å². The van der Waals surface area contributed by atoms with Gasteiger partial charge in [0.15, 0.2) is 23.1 Å². The molecule has 1 radical (unpaired) electrons. The van der Waals surface area contributed by atoms with Crippen LogP contribution in [-0.4, -0.2) is 56.4 Å². The highest BCUT2D eigenvalue weighted by Crippen LogP contribution is 2.43. The minimum Gasteiger partial charge on any atom is -0.384 e. The van der Waals surface area contributed by atoms with Crippen molar-refractivity contribution >= 4 is 22.9 Å². The first-order valence-corrected chi connectivity index (χ1v) is 6.37. The van der Waals surface area contributed by atoms with Gasteiger partial charge < -0.3 is 20.9 Å². The number of hydrogen-bond donors (Lipinski definition) is 3. The van der Waals surface area contributed by atoms with Gasteiger partial charge in [-0.25, -0.2) is 10.1 Å². The molecule has 1 aliphatic heterocycles. The summed E-state index contributed by atoms with van der Waals surface area (Å²) in [6.45, 7) is -0.987. The highest BCUT2D eigenvalue weighted by molar-refractivity contribution is 5.84. The number of nitrogens with two attached hydrogens (primary N) is 1. The quantitative estimate of drug-likeness (QED) is 0.713. The molecular formula is C11H13F2N6O3. The van der Waals surface area contributed by atoms with Gasteiger partial charge in [-0.3, -0.25) is 4.57 Å². The number of rotatable bonds is 3. The largest absolute Gasteiger partial charge is 0.384 e. The number of aliphatic hydroxyl groups excluding tert-OH is 1. The lowest BCUT2D eigenvalue weighted by molar-refractivity contribution is -0.138. The van der Waals surface area contributed by atoms with E-state index in [4.69, 9.17) is 10.5 Å². The molecule has 0 amide bonds. The maximum absolute atomic E-state index is 14.2. The zero-order valence-corrected chi connectivity index (χ0v) is 11.4. The smallest absolute Gasteiger partial charge is 0.320 e. The van der Waals surface area contributed by atoms with Crippen LogP contribution in [0.3, 0.4) is 0 Å². The number of ether oxygens (including phenoxy) is 1. The predicted octanol–water partition coefficient (Wildman–Crippen LogP) is -0.226. The van der Waals surface area contributed by atoms with Crippen LogP contribution < -0.4 is 11.1 Å². The first-order chi connectivity index (χ1) is 10.4. The van der Waals surface area contributed by atoms with Gasteiger partial charge in [-0.2, -0.15) is 18.7 Å². The Bertz CT molecular complexity index is 708. The fourth-order valence-corrected chi connectivity index (χ4v) is 2.39. The lowest BCUT2D eigenvalue weighted by atomic mass is 10.1. The third kappa shape index (κ3) is 1.97. The van der Waals surface area contributed by atoms with Crippen molar-refractivity contribution in [2.45, 2.75) is 24.4 Å². The normalized spacial score (nSPS) is 27.4. The van der Waals surface area contributed by atoms with Gasteiger partial charge in [0.25, 0.3) is 0 Å². The molecule has 3 atom stereocenters. The van der Waals surface area contributed by atoms with E-state index in [1.165, 1.54) is 0 Å². The third-order valence-corrected chi connectivity index (χ3v) is 3.47. The molecule has 0 saturated carbocycles. The van der Waals surface area contributed by atoms with Gasteiger partial charge in [-0.15, -0.1) is 0 Å². The van der Waals surface area contributed by atoms with E-state index in [2.05, 4.69) is 20.3 Å². The van der Waals surface area contributed by atoms with Gasteiger partial charge in [0, 0.05) is 7.05 Å². The molecule has 11 heteroatoms. The molecule has 1 aliphatic rings. The average Bonchev–Trinajstić information content (AvgIpc) is 2.98. The maximum Gasteiger partial charge on any atom is 0.320 e. The number of aliphatic hydroxyl groups is 1. The van der Waals surface area contributed by atoms with Gasteiger partial charge >= 0.3 is 5.92 Å². The van der Waals surface area contributed by atoms with Gasteiger partial charge in [-0.1, -0.05) is 0 Å². The number of nitrogens with one attached hydrogen (secondary N) is 1. The number of alkyl halides is 2. The van der Waals surface area contributed by atoms with E-state index >= 15 is 0 Å². The molecule has 9 nitrogen and oxygen atoms in total. The fourth-order valence-electron chi connectivity index (χ4n) is 2.39. The standard InChI is InChI=1S/C11H13F2N6O3/c1-15-7-5-8(18-10(14)17-7)19(3-16-5)9-11(12,13)6(21)4(2-20)22-9/h3-4,6,9,21H,2H2,1H3,(H3,14,15,17,18)/t4-,6-,9-/m1/s1. The van der Waals surface area contributed by atoms with E-state index in [9.17, 15) is 19.0 Å². The second-order valence-corrected chi connectivity index (χ2v) is 4.82. The summed E-state index contributed by atoms with van der Waals surface area (Å²) < 4.78 is 34.3. The molecule has 1 fully saturated rings. The maximum atomic E-state index is 14.2. The van der Waals surface area contributed by atoms with Crippen molar-refractivity contribution in [3.05, 3.63) is 6.33 Å². The van der Waals surface area contributed by atoms with Crippen LogP contribution in [0.15, 0.2) is 6.33 Å². The summed E-state index contributed by atoms with van der Waals surface area (Å²) in [5, 5.41) is 23.1. The van der Waals surface area contributed by atoms with Gasteiger partial charge in [0.05, 0.1) is 6.33 Å². The van der Waals surface area contributed by atoms with E-state index in [-0.39, 0.29) is 22.9 Å². The Morgan fingerprint density at radius 2 is 2.27 bits per heavy atom. The first kappa shape index (κ1) is 14.8. The molecule has 2 aromatic rings. The van der Waals surface area contributed by atoms with Crippen LogP contribution in [0.25, 0.3) is 11.2 Å². The van der Waals surface area contributed by atoms with Crippen LogP contribution in [0.5, 0.6) is 0 Å². The van der Waals surface area contributed by atoms with Crippen molar-refractivity contribution in [3.63, 3.8) is 0 Å². The number of imidazole rings is 1. The molecule has 0 aliphatic carbocycles. The number of halogens is 2. The molecule has 4 N–H and O–H groups in total. The lowest BCUT2D eigenvalue weighted by Gasteiger charge is -2.20. The van der Waals surface area contributed by atoms with E-state index in [1.807, 2.05) is 0 Å². The Hall–Kier alpha value is -2.11. The number of hydrogen-bond acceptors (Lipinski definition) is 7. The lowest BCUT2D eigenvalue weighted by Crippen LogP contribution is -2.39. The molecule has 0 spiro atoms. The summed E-state index contributed by atoms with van der Waals surface area (Å²) in [7, 11) is 1.57. The molecule has 2 aromatic heterocycles. The first-order valence-electron chi connectivity index (χ1n) is 6.37. The van der Waals surface area contributed by atoms with E-state index < -0.39 is 31.0 Å². The Labute approximate surface area is 122 Å². The number of aromatic nitrogens is 4. The number of nitrogen functional groups attached to an aromatic ring is 1. The topological polar surface area (TPSA) is 131 Å². The van der Waals surface area contributed by atoms with Crippen LogP contribution in [0.4, 0.5) is 20.5 Å². The summed E-state index contributed by atoms with van der Waals surface area (Å²) in [4.78, 5) is 11.7. The van der Waals surface area contributed by atoms with Crippen LogP contribution in [0, 0.1) is 0 Å². The second-order valence-electron chi connectivity index (χ2n) is 4.82. The van der Waals surface area contributed by atoms with E-state index in [0.29, 0.717) is 0 Å². The van der Waals surface area contributed by atoms with Crippen LogP contribution >= 0.6 is 0 Å². The van der Waals surface area contributed by atoms with E-state index in [1.54, 1.807) is 7.05 Å². The van der Waals surface area contributed by atoms with Gasteiger partial charge in [0.1, 0.15) is 12.7 Å². The monoisotopic (exact) mass is 315 g/mol. The Kier molecular flexibility index (Phi) is 3.34. The summed E-state index contributed by atoms with van der Waals surface area (Å²) >= 11 is 0. The molecule has 22 heavy (non-hydrogen) atoms. The zero-order valence-electron chi connectivity index (χ0n) is 11.4. The fraction of sp³-hybridized carbons (Fsp3) is 0.545. The molecule has 0 bridgehead atoms. The summed E-state index contributed by atoms with van der Waals surface area (Å²) in [6.07, 6.45) is -4.53. The van der Waals surface area contributed by atoms with Crippen molar-refractivity contribution in [1.82, 2.24) is 19.5 Å². The summed E-state index contributed by atoms with van der Waals surface area (Å²) in [5.41, 5.74) is 5.78. The molecule has 1 saturated heterocycles. The van der Waals surface area contributed by atoms with Crippen LogP contribution in [0.1, 0.15) is 6.23 Å². The third-order valence-electron chi connectivity index (χ3n) is 3.47. The summed E-state index contributed by atoms with van der Waals surface area (Å²) in [6, 6.07) is 0. The SMILES string of the molecule is CNc1nc(N)nc2c1ncn2[C@@H]1O[C@H](C[O])[C@@H](O)C1(F)F.